The summed E-state index contributed by atoms with van der Waals surface area (Å²) in [4.78, 5) is 0. The van der Waals surface area contributed by atoms with Crippen LogP contribution in [0.4, 0.5) is 0 Å². The first-order valence-corrected chi connectivity index (χ1v) is 16.0. The summed E-state index contributed by atoms with van der Waals surface area (Å²) in [5.41, 5.74) is 15.1. The number of rotatable bonds is 4. The minimum absolute atomic E-state index is 0. The molecule has 0 amide bonds. The van der Waals surface area contributed by atoms with Crippen LogP contribution in [-0.2, 0) is 26.2 Å². The van der Waals surface area contributed by atoms with Crippen LogP contribution in [0, 0.1) is 59.0 Å². The van der Waals surface area contributed by atoms with Crippen LogP contribution < -0.4 is 24.8 Å². The summed E-state index contributed by atoms with van der Waals surface area (Å²) in [5, 5.41) is 5.32. The molecule has 0 fully saturated rings. The van der Waals surface area contributed by atoms with Gasteiger partial charge >= 0.3 is 26.2 Å². The summed E-state index contributed by atoms with van der Waals surface area (Å²) in [6, 6.07) is 25.4. The largest absolute Gasteiger partial charge is 4.00 e. The van der Waals surface area contributed by atoms with E-state index in [-0.39, 0.29) is 51.0 Å². The van der Waals surface area contributed by atoms with E-state index >= 15 is 0 Å². The first-order chi connectivity index (χ1) is 20.3. The molecule has 6 rings (SSSR count). The molecule has 0 radical (unpaired) electrons. The van der Waals surface area contributed by atoms with Gasteiger partial charge in [0.1, 0.15) is 0 Å². The molecule has 0 aliphatic heterocycles. The van der Waals surface area contributed by atoms with Crippen LogP contribution in [0.15, 0.2) is 84.5 Å². The third-order valence-corrected chi connectivity index (χ3v) is 8.94. The Bertz CT molecular complexity index is 1720. The number of halogens is 2. The molecule has 0 aromatic heterocycles. The summed E-state index contributed by atoms with van der Waals surface area (Å²) in [5.74, 6) is 0.587. The molecule has 3 heteroatoms. The zero-order chi connectivity index (χ0) is 31.1. The fraction of sp³-hybridized carbons (Fsp3) is 0.326. The number of aryl methyl sites for hydroxylation is 6. The van der Waals surface area contributed by atoms with E-state index in [9.17, 15) is 0 Å². The second kappa shape index (κ2) is 16.2. The van der Waals surface area contributed by atoms with Gasteiger partial charge in [0.2, 0.25) is 0 Å². The number of hydrogen-bond acceptors (Lipinski definition) is 0. The third-order valence-electron chi connectivity index (χ3n) is 8.94. The second-order valence-electron chi connectivity index (χ2n) is 13.9. The van der Waals surface area contributed by atoms with E-state index in [1.807, 2.05) is 0 Å². The Morgan fingerprint density at radius 2 is 1.07 bits per heavy atom. The molecule has 1 unspecified atom stereocenters. The van der Waals surface area contributed by atoms with E-state index in [1.54, 1.807) is 0 Å². The summed E-state index contributed by atoms with van der Waals surface area (Å²) in [6.07, 6.45) is 10.4. The number of hydrogen-bond donors (Lipinski definition) is 0. The van der Waals surface area contributed by atoms with Crippen molar-refractivity contribution >= 4 is 21.5 Å². The summed E-state index contributed by atoms with van der Waals surface area (Å²) in [7, 11) is 0. The molecule has 5 aromatic carbocycles. The second-order valence-corrected chi connectivity index (χ2v) is 13.9. The van der Waals surface area contributed by atoms with E-state index in [2.05, 4.69) is 154 Å². The van der Waals surface area contributed by atoms with Crippen molar-refractivity contribution in [3.63, 3.8) is 0 Å². The maximum Gasteiger partial charge on any atom is 4.00 e. The average Bonchev–Trinajstić information content (AvgIpc) is 3.52. The van der Waals surface area contributed by atoms with Crippen LogP contribution >= 0.6 is 0 Å². The summed E-state index contributed by atoms with van der Waals surface area (Å²) in [6.45, 7) is 22.2. The van der Waals surface area contributed by atoms with Gasteiger partial charge < -0.3 is 24.8 Å². The molecule has 1 aliphatic carbocycles. The normalized spacial score (nSPS) is 13.8. The van der Waals surface area contributed by atoms with Crippen molar-refractivity contribution in [2.75, 3.05) is 0 Å². The minimum atomic E-state index is 0. The first-order valence-electron chi connectivity index (χ1n) is 16.0. The monoisotopic (exact) mass is 724 g/mol. The van der Waals surface area contributed by atoms with Gasteiger partial charge in [0.25, 0.3) is 0 Å². The van der Waals surface area contributed by atoms with E-state index < -0.39 is 0 Å². The van der Waals surface area contributed by atoms with E-state index in [4.69, 9.17) is 0 Å². The summed E-state index contributed by atoms with van der Waals surface area (Å²) < 4.78 is 0. The Hall–Kier alpha value is -2.31. The van der Waals surface area contributed by atoms with Crippen molar-refractivity contribution in [1.29, 1.82) is 0 Å². The Labute approximate surface area is 310 Å². The van der Waals surface area contributed by atoms with Crippen molar-refractivity contribution in [3.05, 3.63) is 124 Å². The number of fused-ring (bicyclic) bond motifs is 3. The molecule has 0 bridgehead atoms. The van der Waals surface area contributed by atoms with Gasteiger partial charge in [-0.25, -0.2) is 6.08 Å². The quantitative estimate of drug-likeness (QED) is 0.182. The molecule has 5 aromatic rings. The Balaban J connectivity index is 0.000000421. The maximum atomic E-state index is 3.40. The average molecular weight is 727 g/mol. The van der Waals surface area contributed by atoms with Crippen molar-refractivity contribution < 1.29 is 51.0 Å². The Kier molecular flexibility index (Phi) is 14.0. The van der Waals surface area contributed by atoms with Crippen LogP contribution in [0.5, 0.6) is 0 Å². The molecule has 0 spiro atoms. The molecule has 0 N–H and O–H groups in total. The number of allylic oxidation sites excluding steroid dienone is 4. The molecule has 0 nitrogen and oxygen atoms in total. The zero-order valence-corrected chi connectivity index (χ0v) is 33.2. The molecule has 1 aliphatic rings. The van der Waals surface area contributed by atoms with E-state index in [0.29, 0.717) is 11.3 Å². The van der Waals surface area contributed by atoms with E-state index in [1.165, 1.54) is 95.6 Å². The van der Waals surface area contributed by atoms with Gasteiger partial charge in [-0.2, -0.15) is 11.6 Å². The smallest absolute Gasteiger partial charge is 1.00 e. The predicted molar refractivity (Wildman–Crippen MR) is 190 cm³/mol. The first kappa shape index (κ1) is 39.9. The fourth-order valence-corrected chi connectivity index (χ4v) is 7.06. The molecular formula is C43H48Cl2Zr. The van der Waals surface area contributed by atoms with Crippen LogP contribution in [-0.4, -0.2) is 0 Å². The van der Waals surface area contributed by atoms with E-state index in [0.717, 1.165) is 0 Å². The van der Waals surface area contributed by atoms with Crippen LogP contribution in [0.2, 0.25) is 0 Å². The Morgan fingerprint density at radius 1 is 0.652 bits per heavy atom. The molecule has 1 atom stereocenters. The third kappa shape index (κ3) is 8.58. The van der Waals surface area contributed by atoms with Crippen molar-refractivity contribution in [1.82, 2.24) is 0 Å². The van der Waals surface area contributed by atoms with Gasteiger partial charge in [0.15, 0.2) is 0 Å². The van der Waals surface area contributed by atoms with Crippen molar-refractivity contribution in [2.45, 2.75) is 82.1 Å². The topological polar surface area (TPSA) is 0 Å². The number of benzene rings is 4. The van der Waals surface area contributed by atoms with Crippen molar-refractivity contribution in [3.8, 4) is 22.3 Å². The minimum Gasteiger partial charge on any atom is -1.00 e. The standard InChI is InChI=1S/C31H29.C12H19.2ClH.Zr/c1-18-11-20(3)30(21(4)12-18)24-7-9-28-26(15-24)17-27-16-25(8-10-29(27)28)31-22(5)13-19(2)14-23(31)6;1-5-6-10-7-8-11(9-10)12(2,3)4;;;/h7-17H,1-6H3;8-10H,5-6H2,1-4H3;2*1H;/q2*-1;;;+4/p-2. The zero-order valence-electron chi connectivity index (χ0n) is 29.3. The van der Waals surface area contributed by atoms with Gasteiger partial charge in [0, 0.05) is 0 Å². The summed E-state index contributed by atoms with van der Waals surface area (Å²) >= 11 is 0. The van der Waals surface area contributed by atoms with Crippen LogP contribution in [0.25, 0.3) is 43.8 Å². The molecule has 0 heterocycles. The van der Waals surface area contributed by atoms with Crippen LogP contribution in [0.3, 0.4) is 0 Å². The molecular weight excluding hydrogens is 679 g/mol. The van der Waals surface area contributed by atoms with Gasteiger partial charge in [-0.15, -0.1) is 39.7 Å². The Morgan fingerprint density at radius 3 is 1.41 bits per heavy atom. The van der Waals surface area contributed by atoms with Gasteiger partial charge in [-0.1, -0.05) is 123 Å². The van der Waals surface area contributed by atoms with Gasteiger partial charge in [-0.05, 0) is 74.9 Å². The van der Waals surface area contributed by atoms with Crippen LogP contribution in [0.1, 0.15) is 73.9 Å². The SMILES string of the molecule is CCCC1[C-]=CC(C(C)(C)C)=C1.Cc1cc(C)c(-c2ccc3c(c2)[cH-]c2cc(-c4c(C)cc(C)cc4C)ccc23)c(C)c1.[Cl-].[Cl-].[Zr+4]. The van der Waals surface area contributed by atoms with Gasteiger partial charge in [0.05, 0.1) is 0 Å². The molecule has 0 saturated carbocycles. The molecule has 46 heavy (non-hydrogen) atoms. The maximum absolute atomic E-state index is 3.40. The fourth-order valence-electron chi connectivity index (χ4n) is 7.06. The van der Waals surface area contributed by atoms with Crippen molar-refractivity contribution in [2.24, 2.45) is 11.3 Å². The predicted octanol–water partition coefficient (Wildman–Crippen LogP) is 6.65. The molecule has 238 valence electrons. The van der Waals surface area contributed by atoms with Gasteiger partial charge in [-0.3, -0.25) is 6.08 Å². The molecule has 0 saturated heterocycles.